The molecule has 2 heterocycles. The van der Waals surface area contributed by atoms with Crippen LogP contribution in [0.1, 0.15) is 11.7 Å². The molecule has 2 aromatic heterocycles. The first-order valence-electron chi connectivity index (χ1n) is 4.87. The number of halogens is 1. The summed E-state index contributed by atoms with van der Waals surface area (Å²) in [6.07, 6.45) is 2.58. The molecule has 9 heteroatoms. The van der Waals surface area contributed by atoms with Gasteiger partial charge in [-0.2, -0.15) is 4.98 Å². The Bertz CT molecular complexity index is 655. The van der Waals surface area contributed by atoms with Crippen LogP contribution in [0.25, 0.3) is 0 Å². The van der Waals surface area contributed by atoms with Gasteiger partial charge in [-0.05, 0) is 13.0 Å². The van der Waals surface area contributed by atoms with Gasteiger partial charge in [0.1, 0.15) is 4.90 Å². The SMILES string of the molecule is Cc1noc(CNS(=O)(=O)c2cnccc2Cl)n1. The molecular formula is C9H9ClN4O3S. The lowest BCUT2D eigenvalue weighted by atomic mass is 10.5. The zero-order valence-corrected chi connectivity index (χ0v) is 10.9. The summed E-state index contributed by atoms with van der Waals surface area (Å²) in [6.45, 7) is 1.54. The lowest BCUT2D eigenvalue weighted by molar-refractivity contribution is 0.372. The van der Waals surface area contributed by atoms with E-state index in [0.29, 0.717) is 5.82 Å². The van der Waals surface area contributed by atoms with Crippen molar-refractivity contribution in [3.8, 4) is 0 Å². The number of hydrogen-bond donors (Lipinski definition) is 1. The fraction of sp³-hybridized carbons (Fsp3) is 0.222. The molecule has 0 aliphatic heterocycles. The lowest BCUT2D eigenvalue weighted by Crippen LogP contribution is -2.23. The van der Waals surface area contributed by atoms with Crippen molar-refractivity contribution < 1.29 is 12.9 Å². The first-order valence-corrected chi connectivity index (χ1v) is 6.73. The molecule has 96 valence electrons. The molecule has 0 unspecified atom stereocenters. The molecular weight excluding hydrogens is 280 g/mol. The van der Waals surface area contributed by atoms with Gasteiger partial charge in [-0.1, -0.05) is 16.8 Å². The molecule has 0 atom stereocenters. The highest BCUT2D eigenvalue weighted by Gasteiger charge is 2.18. The van der Waals surface area contributed by atoms with Gasteiger partial charge in [0, 0.05) is 12.4 Å². The number of sulfonamides is 1. The number of hydrogen-bond acceptors (Lipinski definition) is 6. The monoisotopic (exact) mass is 288 g/mol. The lowest BCUT2D eigenvalue weighted by Gasteiger charge is -2.05. The van der Waals surface area contributed by atoms with Gasteiger partial charge in [0.15, 0.2) is 5.82 Å². The van der Waals surface area contributed by atoms with Gasteiger partial charge >= 0.3 is 0 Å². The highest BCUT2D eigenvalue weighted by Crippen LogP contribution is 2.19. The third-order valence-corrected chi connectivity index (χ3v) is 3.88. The van der Waals surface area contributed by atoms with Crippen LogP contribution >= 0.6 is 11.6 Å². The average Bonchev–Trinajstić information content (AvgIpc) is 2.73. The van der Waals surface area contributed by atoms with Crippen LogP contribution in [-0.4, -0.2) is 23.5 Å². The van der Waals surface area contributed by atoms with Crippen LogP contribution in [0, 0.1) is 6.92 Å². The topological polar surface area (TPSA) is 98.0 Å². The van der Waals surface area contributed by atoms with E-state index in [0.717, 1.165) is 0 Å². The van der Waals surface area contributed by atoms with Crippen LogP contribution in [0.4, 0.5) is 0 Å². The summed E-state index contributed by atoms with van der Waals surface area (Å²) >= 11 is 5.78. The number of aromatic nitrogens is 3. The predicted octanol–water partition coefficient (Wildman–Crippen LogP) is 0.905. The molecule has 0 aliphatic carbocycles. The third-order valence-electron chi connectivity index (χ3n) is 2.01. The molecule has 0 aromatic carbocycles. The summed E-state index contributed by atoms with van der Waals surface area (Å²) in [7, 11) is -3.75. The van der Waals surface area contributed by atoms with Crippen molar-refractivity contribution >= 4 is 21.6 Å². The molecule has 2 aromatic rings. The minimum atomic E-state index is -3.75. The van der Waals surface area contributed by atoms with Crippen molar-refractivity contribution in [1.82, 2.24) is 19.8 Å². The Morgan fingerprint density at radius 1 is 1.50 bits per heavy atom. The summed E-state index contributed by atoms with van der Waals surface area (Å²) in [5, 5.41) is 3.64. The Balaban J connectivity index is 2.16. The quantitative estimate of drug-likeness (QED) is 0.898. The molecule has 2 rings (SSSR count). The summed E-state index contributed by atoms with van der Waals surface area (Å²) in [5.74, 6) is 0.611. The fourth-order valence-corrected chi connectivity index (χ4v) is 2.61. The Morgan fingerprint density at radius 3 is 2.89 bits per heavy atom. The second-order valence-electron chi connectivity index (χ2n) is 3.37. The van der Waals surface area contributed by atoms with Crippen molar-refractivity contribution in [2.75, 3.05) is 0 Å². The standard InChI is InChI=1S/C9H9ClN4O3S/c1-6-13-9(17-14-6)5-12-18(15,16)8-4-11-3-2-7(8)10/h2-4,12H,5H2,1H3. The zero-order chi connectivity index (χ0) is 13.2. The van der Waals surface area contributed by atoms with E-state index in [1.54, 1.807) is 6.92 Å². The highest BCUT2D eigenvalue weighted by molar-refractivity contribution is 7.89. The zero-order valence-electron chi connectivity index (χ0n) is 9.29. The van der Waals surface area contributed by atoms with Crippen LogP contribution in [0.2, 0.25) is 5.02 Å². The summed E-state index contributed by atoms with van der Waals surface area (Å²) < 4.78 is 30.9. The third kappa shape index (κ3) is 2.84. The second kappa shape index (κ2) is 5.01. The summed E-state index contributed by atoms with van der Waals surface area (Å²) in [4.78, 5) is 7.50. The Kier molecular flexibility index (Phi) is 3.60. The average molecular weight is 289 g/mol. The molecule has 0 radical (unpaired) electrons. The van der Waals surface area contributed by atoms with Gasteiger partial charge in [0.05, 0.1) is 11.6 Å². The number of pyridine rings is 1. The molecule has 0 saturated heterocycles. The molecule has 0 bridgehead atoms. The molecule has 7 nitrogen and oxygen atoms in total. The van der Waals surface area contributed by atoms with Crippen LogP contribution in [0.15, 0.2) is 27.9 Å². The van der Waals surface area contributed by atoms with E-state index in [1.807, 2.05) is 0 Å². The van der Waals surface area contributed by atoms with E-state index >= 15 is 0 Å². The molecule has 0 spiro atoms. The molecule has 0 fully saturated rings. The smallest absolute Gasteiger partial charge is 0.244 e. The number of aryl methyl sites for hydroxylation is 1. The maximum atomic E-state index is 11.9. The number of rotatable bonds is 4. The van der Waals surface area contributed by atoms with Crippen molar-refractivity contribution in [3.05, 3.63) is 35.2 Å². The van der Waals surface area contributed by atoms with E-state index in [2.05, 4.69) is 19.8 Å². The van der Waals surface area contributed by atoms with Gasteiger partial charge in [-0.3, -0.25) is 4.98 Å². The van der Waals surface area contributed by atoms with Crippen molar-refractivity contribution in [1.29, 1.82) is 0 Å². The number of nitrogens with zero attached hydrogens (tertiary/aromatic N) is 3. The molecule has 1 N–H and O–H groups in total. The molecule has 18 heavy (non-hydrogen) atoms. The van der Waals surface area contributed by atoms with Gasteiger partial charge < -0.3 is 4.52 Å². The van der Waals surface area contributed by atoms with Gasteiger partial charge in [-0.15, -0.1) is 0 Å². The molecule has 0 aliphatic rings. The first-order chi connectivity index (χ1) is 8.49. The van der Waals surface area contributed by atoms with Crippen molar-refractivity contribution in [2.24, 2.45) is 0 Å². The van der Waals surface area contributed by atoms with E-state index < -0.39 is 10.0 Å². The van der Waals surface area contributed by atoms with Crippen molar-refractivity contribution in [3.63, 3.8) is 0 Å². The minimum Gasteiger partial charge on any atom is -0.338 e. The molecule has 0 amide bonds. The molecule has 0 saturated carbocycles. The summed E-state index contributed by atoms with van der Waals surface area (Å²) in [6, 6.07) is 1.40. The Labute approximate surface area is 108 Å². The normalized spacial score (nSPS) is 11.7. The van der Waals surface area contributed by atoms with Crippen LogP contribution in [0.5, 0.6) is 0 Å². The Hall–Kier alpha value is -1.51. The van der Waals surface area contributed by atoms with Gasteiger partial charge in [0.25, 0.3) is 0 Å². The first kappa shape index (κ1) is 12.9. The Morgan fingerprint density at radius 2 is 2.28 bits per heavy atom. The maximum Gasteiger partial charge on any atom is 0.244 e. The summed E-state index contributed by atoms with van der Waals surface area (Å²) in [5.41, 5.74) is 0. The fourth-order valence-electron chi connectivity index (χ4n) is 1.21. The second-order valence-corrected chi connectivity index (χ2v) is 5.51. The van der Waals surface area contributed by atoms with Gasteiger partial charge in [0.2, 0.25) is 15.9 Å². The minimum absolute atomic E-state index is 0.0945. The van der Waals surface area contributed by atoms with Crippen LogP contribution in [0.3, 0.4) is 0 Å². The predicted molar refractivity (Wildman–Crippen MR) is 62.3 cm³/mol. The van der Waals surface area contributed by atoms with Gasteiger partial charge in [-0.25, -0.2) is 13.1 Å². The van der Waals surface area contributed by atoms with Crippen molar-refractivity contribution in [2.45, 2.75) is 18.4 Å². The highest BCUT2D eigenvalue weighted by atomic mass is 35.5. The van der Waals surface area contributed by atoms with Crippen LogP contribution in [-0.2, 0) is 16.6 Å². The number of nitrogens with one attached hydrogen (secondary N) is 1. The van der Waals surface area contributed by atoms with E-state index in [1.165, 1.54) is 18.5 Å². The van der Waals surface area contributed by atoms with E-state index in [-0.39, 0.29) is 22.4 Å². The van der Waals surface area contributed by atoms with E-state index in [4.69, 9.17) is 16.1 Å². The van der Waals surface area contributed by atoms with Crippen LogP contribution < -0.4 is 4.72 Å². The van der Waals surface area contributed by atoms with E-state index in [9.17, 15) is 8.42 Å². The largest absolute Gasteiger partial charge is 0.338 e. The maximum absolute atomic E-state index is 11.9.